The quantitative estimate of drug-likeness (QED) is 0.0963. The number of aliphatic hydroxyl groups excluding tert-OH is 1. The van der Waals surface area contributed by atoms with Crippen LogP contribution in [0.3, 0.4) is 0 Å². The van der Waals surface area contributed by atoms with Crippen LogP contribution >= 0.6 is 0 Å². The summed E-state index contributed by atoms with van der Waals surface area (Å²) in [5.74, 6) is 0.547. The van der Waals surface area contributed by atoms with E-state index in [0.29, 0.717) is 0 Å². The summed E-state index contributed by atoms with van der Waals surface area (Å²) in [6.45, 7) is 19.6. The number of nitrogens with zero attached hydrogens (tertiary/aromatic N) is 1. The van der Waals surface area contributed by atoms with Crippen molar-refractivity contribution in [2.75, 3.05) is 0 Å². The minimum absolute atomic E-state index is 0. The van der Waals surface area contributed by atoms with Crippen molar-refractivity contribution in [3.8, 4) is 11.3 Å². The van der Waals surface area contributed by atoms with Gasteiger partial charge in [-0.05, 0) is 65.8 Å². The normalized spacial score (nSPS) is 13.9. The monoisotopic (exact) mass is 809 g/mol. The Labute approximate surface area is 294 Å². The number of ketones is 1. The molecule has 0 saturated heterocycles. The Balaban J connectivity index is 0.000000269. The number of aromatic nitrogens is 1. The second-order valence-corrected chi connectivity index (χ2v) is 14.6. The van der Waals surface area contributed by atoms with E-state index in [0.717, 1.165) is 59.9 Å². The smallest absolute Gasteiger partial charge is 0.162 e. The van der Waals surface area contributed by atoms with E-state index in [1.807, 2.05) is 40.0 Å². The summed E-state index contributed by atoms with van der Waals surface area (Å²) in [5.41, 5.74) is 7.82. The van der Waals surface area contributed by atoms with Crippen LogP contribution in [0.5, 0.6) is 0 Å². The van der Waals surface area contributed by atoms with Crippen molar-refractivity contribution in [1.29, 1.82) is 0 Å². The van der Waals surface area contributed by atoms with Gasteiger partial charge in [-0.3, -0.25) is 4.79 Å². The molecule has 3 aromatic carbocycles. The van der Waals surface area contributed by atoms with Crippen LogP contribution in [-0.2, 0) is 36.7 Å². The SMILES string of the molecule is CC(C)(C)Cc1ccc2c3c1oc1ccnc(c13)-c1[c-]cc3ccccc3c1C2(C)C.CCC(CC)C(=O)/C=C(\O)C(CC)CC.[Ir]. The minimum Gasteiger partial charge on any atom is -0.512 e. The second-order valence-electron chi connectivity index (χ2n) is 14.6. The van der Waals surface area contributed by atoms with Gasteiger partial charge in [-0.25, -0.2) is 0 Å². The maximum atomic E-state index is 11.7. The molecule has 0 aliphatic heterocycles. The molecule has 47 heavy (non-hydrogen) atoms. The number of benzene rings is 3. The molecule has 251 valence electrons. The van der Waals surface area contributed by atoms with Crippen LogP contribution in [0.15, 0.2) is 71.0 Å². The van der Waals surface area contributed by atoms with Gasteiger partial charge >= 0.3 is 0 Å². The van der Waals surface area contributed by atoms with Gasteiger partial charge in [-0.2, -0.15) is 0 Å². The molecule has 1 N–H and O–H groups in total. The van der Waals surface area contributed by atoms with Crippen LogP contribution in [0.25, 0.3) is 44.0 Å². The molecule has 6 rings (SSSR count). The van der Waals surface area contributed by atoms with Crippen LogP contribution < -0.4 is 0 Å². The summed E-state index contributed by atoms with van der Waals surface area (Å²) in [6, 6.07) is 20.9. The summed E-state index contributed by atoms with van der Waals surface area (Å²) in [4.78, 5) is 16.6. The van der Waals surface area contributed by atoms with Crippen molar-refractivity contribution >= 4 is 38.5 Å². The van der Waals surface area contributed by atoms with Gasteiger partial charge in [0.05, 0.1) is 5.76 Å². The molecule has 0 spiro atoms. The molecule has 1 aliphatic carbocycles. The number of fused-ring (bicyclic) bond motifs is 4. The van der Waals surface area contributed by atoms with E-state index >= 15 is 0 Å². The fourth-order valence-electron chi connectivity index (χ4n) is 7.25. The van der Waals surface area contributed by atoms with Gasteiger partial charge in [0, 0.05) is 55.0 Å². The number of aliphatic hydroxyl groups is 1. The van der Waals surface area contributed by atoms with Crippen molar-refractivity contribution in [3.63, 3.8) is 0 Å². The molecule has 1 aliphatic rings. The number of hydrogen-bond donors (Lipinski definition) is 1. The van der Waals surface area contributed by atoms with Crippen molar-refractivity contribution in [1.82, 2.24) is 4.98 Å². The first-order valence-electron chi connectivity index (χ1n) is 17.1. The third-order valence-electron chi connectivity index (χ3n) is 9.80. The van der Waals surface area contributed by atoms with Gasteiger partial charge < -0.3 is 14.5 Å². The molecule has 5 aromatic rings. The van der Waals surface area contributed by atoms with Crippen LogP contribution in [0.4, 0.5) is 0 Å². The van der Waals surface area contributed by atoms with E-state index in [4.69, 9.17) is 9.40 Å². The summed E-state index contributed by atoms with van der Waals surface area (Å²) in [7, 11) is 0. The van der Waals surface area contributed by atoms with Gasteiger partial charge in [-0.15, -0.1) is 23.3 Å². The maximum Gasteiger partial charge on any atom is 0.162 e. The molecule has 0 fully saturated rings. The van der Waals surface area contributed by atoms with E-state index in [9.17, 15) is 9.90 Å². The van der Waals surface area contributed by atoms with Crippen LogP contribution in [-0.4, -0.2) is 15.9 Å². The second kappa shape index (κ2) is 14.5. The number of furan rings is 1. The predicted octanol–water partition coefficient (Wildman–Crippen LogP) is 11.7. The van der Waals surface area contributed by atoms with Crippen molar-refractivity contribution in [3.05, 3.63) is 89.3 Å². The van der Waals surface area contributed by atoms with Crippen molar-refractivity contribution < 1.29 is 34.4 Å². The molecule has 0 amide bonds. The molecule has 0 bridgehead atoms. The Kier molecular flexibility index (Phi) is 11.3. The Morgan fingerprint density at radius 3 is 2.26 bits per heavy atom. The van der Waals surface area contributed by atoms with E-state index in [1.165, 1.54) is 38.9 Å². The first-order chi connectivity index (χ1) is 21.9. The van der Waals surface area contributed by atoms with Gasteiger partial charge in [0.2, 0.25) is 0 Å². The molecular weight excluding hydrogens is 759 g/mol. The van der Waals surface area contributed by atoms with Crippen LogP contribution in [0.2, 0.25) is 0 Å². The van der Waals surface area contributed by atoms with Gasteiger partial charge in [0.1, 0.15) is 11.2 Å². The largest absolute Gasteiger partial charge is 0.512 e. The third kappa shape index (κ3) is 6.99. The Hall–Kier alpha value is -3.27. The number of hydrogen-bond acceptors (Lipinski definition) is 4. The molecule has 0 atom stereocenters. The fraction of sp³-hybridized carbons (Fsp3) is 0.429. The molecule has 1 radical (unpaired) electrons. The molecule has 5 heteroatoms. The zero-order valence-electron chi connectivity index (χ0n) is 29.5. The third-order valence-corrected chi connectivity index (χ3v) is 9.80. The average Bonchev–Trinajstić information content (AvgIpc) is 3.38. The van der Waals surface area contributed by atoms with Crippen LogP contribution in [0.1, 0.15) is 105 Å². The van der Waals surface area contributed by atoms with Crippen molar-refractivity contribution in [2.45, 2.75) is 99.8 Å². The topological polar surface area (TPSA) is 63.3 Å². The molecule has 2 aromatic heterocycles. The first kappa shape index (κ1) is 36.6. The standard InChI is InChI=1S/C29H26NO.C13H24O2.Ir/c1-28(2,3)16-18-11-13-21-23-24-22(31-27(18)23)14-15-30-26(24)20-12-10-17-8-6-7-9-19(17)25(20)29(21,4)5;1-5-10(6-2)12(14)9-13(15)11(7-3)8-4;/h6-11,13-15H,16H2,1-5H3;9-11,14H,5-8H2,1-4H3;/q-1;;/b;12-9-;. The molecule has 4 nitrogen and oxygen atoms in total. The molecular formula is C42H50IrNO3-. The molecule has 0 unspecified atom stereocenters. The minimum atomic E-state index is -0.220. The van der Waals surface area contributed by atoms with Gasteiger partial charge in [-0.1, -0.05) is 109 Å². The number of carbonyl (C=O) groups excluding carboxylic acids is 1. The fourth-order valence-corrected chi connectivity index (χ4v) is 7.25. The van der Waals surface area contributed by atoms with Gasteiger partial charge in [0.15, 0.2) is 5.78 Å². The summed E-state index contributed by atoms with van der Waals surface area (Å²) in [5, 5.41) is 14.6. The summed E-state index contributed by atoms with van der Waals surface area (Å²) < 4.78 is 6.53. The van der Waals surface area contributed by atoms with E-state index in [2.05, 4.69) is 83.1 Å². The van der Waals surface area contributed by atoms with E-state index < -0.39 is 0 Å². The number of pyridine rings is 1. The zero-order chi connectivity index (χ0) is 33.4. The van der Waals surface area contributed by atoms with E-state index in [1.54, 1.807) is 0 Å². The number of allylic oxidation sites excluding steroid dienone is 2. The Morgan fingerprint density at radius 2 is 1.62 bits per heavy atom. The van der Waals surface area contributed by atoms with Crippen LogP contribution in [0, 0.1) is 23.3 Å². The average molecular weight is 809 g/mol. The predicted molar refractivity (Wildman–Crippen MR) is 192 cm³/mol. The summed E-state index contributed by atoms with van der Waals surface area (Å²) in [6.07, 6.45) is 7.74. The Morgan fingerprint density at radius 1 is 0.957 bits per heavy atom. The first-order valence-corrected chi connectivity index (χ1v) is 17.1. The maximum absolute atomic E-state index is 11.7. The van der Waals surface area contributed by atoms with Crippen molar-refractivity contribution in [2.24, 2.45) is 17.3 Å². The number of carbonyl (C=O) groups is 1. The number of rotatable bonds is 8. The van der Waals surface area contributed by atoms with E-state index in [-0.39, 0.29) is 54.3 Å². The Bertz CT molecular complexity index is 1920. The van der Waals surface area contributed by atoms with Gasteiger partial charge in [0.25, 0.3) is 0 Å². The zero-order valence-corrected chi connectivity index (χ0v) is 31.9. The molecule has 2 heterocycles. The molecule has 0 saturated carbocycles. The summed E-state index contributed by atoms with van der Waals surface area (Å²) >= 11 is 0.